The molecule has 2 amide bonds. The number of amides is 2. The molecule has 1 fully saturated rings. The smallest absolute Gasteiger partial charge is 0.337 e. The zero-order valence-electron chi connectivity index (χ0n) is 11.0. The number of hydrogen-bond acceptors (Lipinski definition) is 2. The lowest BCUT2D eigenvalue weighted by Crippen LogP contribution is -2.39. The van der Waals surface area contributed by atoms with E-state index < -0.39 is 5.97 Å². The molecule has 5 nitrogen and oxygen atoms in total. The minimum absolute atomic E-state index is 0.107. The van der Waals surface area contributed by atoms with Crippen LogP contribution in [0.4, 0.5) is 10.5 Å². The Morgan fingerprint density at radius 2 is 1.90 bits per heavy atom. The Labute approximate surface area is 131 Å². The van der Waals surface area contributed by atoms with Crippen LogP contribution in [-0.2, 0) is 0 Å². The van der Waals surface area contributed by atoms with Crippen LogP contribution in [0.1, 0.15) is 42.5 Å². The van der Waals surface area contributed by atoms with Gasteiger partial charge in [-0.15, -0.1) is 0 Å². The Bertz CT molecular complexity index is 513. The van der Waals surface area contributed by atoms with Crippen molar-refractivity contribution < 1.29 is 14.7 Å². The van der Waals surface area contributed by atoms with Crippen LogP contribution in [0.25, 0.3) is 0 Å². The predicted molar refractivity (Wildman–Crippen MR) is 85.1 cm³/mol. The molecule has 0 radical (unpaired) electrons. The SMILES string of the molecule is O=C(Nc1ccc(I)cc1C(=O)O)NC1CCCCC1. The van der Waals surface area contributed by atoms with Gasteiger partial charge in [-0.2, -0.15) is 0 Å². The first-order valence-electron chi connectivity index (χ1n) is 6.66. The molecule has 0 unspecified atom stereocenters. The van der Waals surface area contributed by atoms with Crippen molar-refractivity contribution in [2.45, 2.75) is 38.1 Å². The van der Waals surface area contributed by atoms with Crippen molar-refractivity contribution in [3.05, 3.63) is 27.3 Å². The van der Waals surface area contributed by atoms with Crippen LogP contribution in [0.2, 0.25) is 0 Å². The number of anilines is 1. The lowest BCUT2D eigenvalue weighted by molar-refractivity contribution is 0.0698. The second-order valence-corrected chi connectivity index (χ2v) is 6.17. The molecule has 1 saturated carbocycles. The molecule has 0 aromatic heterocycles. The average Bonchev–Trinajstić information content (AvgIpc) is 2.41. The molecule has 0 spiro atoms. The molecule has 0 bridgehead atoms. The third-order valence-corrected chi connectivity index (χ3v) is 4.07. The van der Waals surface area contributed by atoms with Crippen molar-refractivity contribution >= 4 is 40.3 Å². The summed E-state index contributed by atoms with van der Waals surface area (Å²) in [6, 6.07) is 4.79. The molecule has 0 saturated heterocycles. The van der Waals surface area contributed by atoms with E-state index in [0.717, 1.165) is 29.3 Å². The van der Waals surface area contributed by atoms with Gasteiger partial charge in [0.15, 0.2) is 0 Å². The number of hydrogen-bond donors (Lipinski definition) is 3. The molecule has 1 aromatic carbocycles. The Morgan fingerprint density at radius 1 is 1.20 bits per heavy atom. The van der Waals surface area contributed by atoms with E-state index in [9.17, 15) is 9.59 Å². The Morgan fingerprint density at radius 3 is 2.55 bits per heavy atom. The Balaban J connectivity index is 2.01. The second-order valence-electron chi connectivity index (χ2n) is 4.93. The van der Waals surface area contributed by atoms with Crippen molar-refractivity contribution in [3.63, 3.8) is 0 Å². The zero-order chi connectivity index (χ0) is 14.5. The number of nitrogens with one attached hydrogen (secondary N) is 2. The van der Waals surface area contributed by atoms with Gasteiger partial charge >= 0.3 is 12.0 Å². The third kappa shape index (κ3) is 4.09. The van der Waals surface area contributed by atoms with Crippen molar-refractivity contribution in [2.75, 3.05) is 5.32 Å². The highest BCUT2D eigenvalue weighted by Crippen LogP contribution is 2.20. The van der Waals surface area contributed by atoms with Gasteiger partial charge in [-0.1, -0.05) is 19.3 Å². The first-order chi connectivity index (χ1) is 9.56. The van der Waals surface area contributed by atoms with E-state index in [1.54, 1.807) is 18.2 Å². The highest BCUT2D eigenvalue weighted by atomic mass is 127. The fraction of sp³-hybridized carbons (Fsp3) is 0.429. The largest absolute Gasteiger partial charge is 0.478 e. The van der Waals surface area contributed by atoms with Gasteiger partial charge in [0.2, 0.25) is 0 Å². The first kappa shape index (κ1) is 15.1. The number of rotatable bonds is 3. The Kier molecular flexibility index (Phi) is 5.22. The summed E-state index contributed by atoms with van der Waals surface area (Å²) in [4.78, 5) is 23.1. The summed E-state index contributed by atoms with van der Waals surface area (Å²) in [7, 11) is 0. The normalized spacial score (nSPS) is 15.7. The average molecular weight is 388 g/mol. The van der Waals surface area contributed by atoms with E-state index in [1.807, 2.05) is 22.6 Å². The van der Waals surface area contributed by atoms with Crippen molar-refractivity contribution in [1.82, 2.24) is 5.32 Å². The zero-order valence-corrected chi connectivity index (χ0v) is 13.1. The molecule has 3 N–H and O–H groups in total. The molecule has 1 aliphatic carbocycles. The molecule has 1 aromatic rings. The number of benzene rings is 1. The number of aromatic carboxylic acids is 1. The fourth-order valence-electron chi connectivity index (χ4n) is 2.39. The maximum absolute atomic E-state index is 11.9. The first-order valence-corrected chi connectivity index (χ1v) is 7.74. The molecular weight excluding hydrogens is 371 g/mol. The lowest BCUT2D eigenvalue weighted by atomic mass is 9.96. The topological polar surface area (TPSA) is 78.4 Å². The molecule has 0 heterocycles. The van der Waals surface area contributed by atoms with E-state index in [4.69, 9.17) is 5.11 Å². The lowest BCUT2D eigenvalue weighted by Gasteiger charge is -2.23. The molecule has 20 heavy (non-hydrogen) atoms. The van der Waals surface area contributed by atoms with Gasteiger partial charge in [0.05, 0.1) is 11.3 Å². The number of carboxylic acids is 1. The fourth-order valence-corrected chi connectivity index (χ4v) is 2.88. The summed E-state index contributed by atoms with van der Waals surface area (Å²) in [6.45, 7) is 0. The van der Waals surface area contributed by atoms with Gasteiger partial charge in [0.1, 0.15) is 0 Å². The van der Waals surface area contributed by atoms with Crippen LogP contribution in [0.3, 0.4) is 0 Å². The molecule has 1 aliphatic rings. The molecular formula is C14H17IN2O3. The van der Waals surface area contributed by atoms with Gasteiger partial charge in [-0.3, -0.25) is 0 Å². The van der Waals surface area contributed by atoms with Crippen LogP contribution >= 0.6 is 22.6 Å². The van der Waals surface area contributed by atoms with Crippen LogP contribution in [-0.4, -0.2) is 23.1 Å². The number of urea groups is 1. The van der Waals surface area contributed by atoms with Crippen LogP contribution in [0.5, 0.6) is 0 Å². The quantitative estimate of drug-likeness (QED) is 0.695. The minimum Gasteiger partial charge on any atom is -0.478 e. The third-order valence-electron chi connectivity index (χ3n) is 3.40. The highest BCUT2D eigenvalue weighted by Gasteiger charge is 2.17. The van der Waals surface area contributed by atoms with Gasteiger partial charge in [0, 0.05) is 9.61 Å². The van der Waals surface area contributed by atoms with Gasteiger partial charge in [-0.25, -0.2) is 9.59 Å². The molecule has 108 valence electrons. The summed E-state index contributed by atoms with van der Waals surface area (Å²) in [5.74, 6) is -1.04. The van der Waals surface area contributed by atoms with Gasteiger partial charge in [0.25, 0.3) is 0 Å². The maximum Gasteiger partial charge on any atom is 0.337 e. The van der Waals surface area contributed by atoms with Crippen molar-refractivity contribution in [3.8, 4) is 0 Å². The Hall–Kier alpha value is -1.31. The molecule has 0 atom stereocenters. The van der Waals surface area contributed by atoms with E-state index in [0.29, 0.717) is 5.69 Å². The standard InChI is InChI=1S/C14H17IN2O3/c15-9-6-7-12(11(8-9)13(18)19)17-14(20)16-10-4-2-1-3-5-10/h6-8,10H,1-5H2,(H,18,19)(H2,16,17,20). The second kappa shape index (κ2) is 6.92. The van der Waals surface area contributed by atoms with Crippen LogP contribution in [0, 0.1) is 3.57 Å². The van der Waals surface area contributed by atoms with Crippen molar-refractivity contribution in [2.24, 2.45) is 0 Å². The van der Waals surface area contributed by atoms with E-state index in [-0.39, 0.29) is 17.6 Å². The molecule has 0 aliphatic heterocycles. The molecule has 6 heteroatoms. The van der Waals surface area contributed by atoms with Crippen LogP contribution < -0.4 is 10.6 Å². The van der Waals surface area contributed by atoms with E-state index in [2.05, 4.69) is 10.6 Å². The summed E-state index contributed by atoms with van der Waals surface area (Å²) in [5.41, 5.74) is 0.432. The van der Waals surface area contributed by atoms with E-state index >= 15 is 0 Å². The van der Waals surface area contributed by atoms with Gasteiger partial charge in [-0.05, 0) is 53.6 Å². The number of halogens is 1. The molecule has 2 rings (SSSR count). The van der Waals surface area contributed by atoms with E-state index in [1.165, 1.54) is 6.42 Å². The monoisotopic (exact) mass is 388 g/mol. The van der Waals surface area contributed by atoms with Crippen LogP contribution in [0.15, 0.2) is 18.2 Å². The summed E-state index contributed by atoms with van der Waals surface area (Å²) < 4.78 is 0.818. The highest BCUT2D eigenvalue weighted by molar-refractivity contribution is 14.1. The minimum atomic E-state index is -1.04. The maximum atomic E-state index is 11.9. The summed E-state index contributed by atoms with van der Waals surface area (Å²) in [6.07, 6.45) is 5.47. The summed E-state index contributed by atoms with van der Waals surface area (Å²) in [5, 5.41) is 14.7. The summed E-state index contributed by atoms with van der Waals surface area (Å²) >= 11 is 2.04. The number of carbonyl (C=O) groups excluding carboxylic acids is 1. The predicted octanol–water partition coefficient (Wildman–Crippen LogP) is 3.44. The number of carboxylic acid groups (broad SMARTS) is 1. The number of carbonyl (C=O) groups is 2. The van der Waals surface area contributed by atoms with Crippen molar-refractivity contribution in [1.29, 1.82) is 0 Å². The van der Waals surface area contributed by atoms with Gasteiger partial charge < -0.3 is 15.7 Å².